The van der Waals surface area contributed by atoms with Gasteiger partial charge in [-0.2, -0.15) is 5.10 Å². The standard InChI is InChI=1S/C12H8Cl2N4O/c13-9-2-1-7(3-10(9)14)5-18-6-15-11-8(12(18)19)4-16-17-11/h1-4,6H,5H2,(H,16,17). The zero-order valence-electron chi connectivity index (χ0n) is 9.60. The Kier molecular flexibility index (Phi) is 3.00. The van der Waals surface area contributed by atoms with Crippen LogP contribution in [0.15, 0.2) is 35.5 Å². The minimum atomic E-state index is -0.148. The van der Waals surface area contributed by atoms with Crippen molar-refractivity contribution in [3.05, 3.63) is 56.7 Å². The lowest BCUT2D eigenvalue weighted by Crippen LogP contribution is -2.20. The van der Waals surface area contributed by atoms with Gasteiger partial charge in [0.1, 0.15) is 11.7 Å². The molecule has 0 atom stereocenters. The number of nitrogens with one attached hydrogen (secondary N) is 1. The number of aromatic amines is 1. The number of nitrogens with zero attached hydrogens (tertiary/aromatic N) is 3. The van der Waals surface area contributed by atoms with Crippen LogP contribution in [0.5, 0.6) is 0 Å². The fourth-order valence-electron chi connectivity index (χ4n) is 1.82. The maximum Gasteiger partial charge on any atom is 0.264 e. The summed E-state index contributed by atoms with van der Waals surface area (Å²) in [7, 11) is 0. The molecule has 1 N–H and O–H groups in total. The first kappa shape index (κ1) is 12.2. The Morgan fingerprint density at radius 3 is 2.89 bits per heavy atom. The van der Waals surface area contributed by atoms with Crippen molar-refractivity contribution < 1.29 is 0 Å². The maximum absolute atomic E-state index is 12.1. The van der Waals surface area contributed by atoms with E-state index in [0.717, 1.165) is 5.56 Å². The SMILES string of the molecule is O=c1c2cn[nH]c2ncn1Cc1ccc(Cl)c(Cl)c1. The van der Waals surface area contributed by atoms with Gasteiger partial charge in [-0.1, -0.05) is 29.3 Å². The molecule has 0 spiro atoms. The third-order valence-corrected chi connectivity index (χ3v) is 3.51. The molecule has 7 heteroatoms. The van der Waals surface area contributed by atoms with Gasteiger partial charge in [0.05, 0.1) is 22.8 Å². The van der Waals surface area contributed by atoms with Crippen LogP contribution < -0.4 is 5.56 Å². The Bertz CT molecular complexity index is 809. The molecule has 1 aromatic carbocycles. The van der Waals surface area contributed by atoms with Crippen molar-refractivity contribution in [2.45, 2.75) is 6.54 Å². The van der Waals surface area contributed by atoms with Crippen LogP contribution in [0.1, 0.15) is 5.56 Å². The van der Waals surface area contributed by atoms with Crippen LogP contribution in [0.25, 0.3) is 11.0 Å². The number of H-pyrrole nitrogens is 1. The second-order valence-corrected chi connectivity index (χ2v) is 4.87. The summed E-state index contributed by atoms with van der Waals surface area (Å²) in [4.78, 5) is 16.3. The van der Waals surface area contributed by atoms with E-state index in [-0.39, 0.29) is 5.56 Å². The van der Waals surface area contributed by atoms with Crippen LogP contribution >= 0.6 is 23.2 Å². The molecule has 0 unspecified atom stereocenters. The summed E-state index contributed by atoms with van der Waals surface area (Å²) in [6, 6.07) is 5.25. The topological polar surface area (TPSA) is 63.6 Å². The zero-order valence-corrected chi connectivity index (χ0v) is 11.1. The van der Waals surface area contributed by atoms with Crippen LogP contribution in [0.3, 0.4) is 0 Å². The second-order valence-electron chi connectivity index (χ2n) is 4.06. The minimum absolute atomic E-state index is 0.148. The molecule has 19 heavy (non-hydrogen) atoms. The average molecular weight is 295 g/mol. The molecule has 0 amide bonds. The third-order valence-electron chi connectivity index (χ3n) is 2.77. The third kappa shape index (κ3) is 2.22. The Balaban J connectivity index is 2.03. The molecule has 0 radical (unpaired) electrons. The highest BCUT2D eigenvalue weighted by molar-refractivity contribution is 6.42. The first-order valence-corrected chi connectivity index (χ1v) is 6.23. The Hall–Kier alpha value is -1.85. The van der Waals surface area contributed by atoms with Gasteiger partial charge in [0.2, 0.25) is 0 Å². The van der Waals surface area contributed by atoms with E-state index in [1.807, 2.05) is 6.07 Å². The fraction of sp³-hybridized carbons (Fsp3) is 0.0833. The van der Waals surface area contributed by atoms with E-state index in [1.54, 1.807) is 12.1 Å². The Morgan fingerprint density at radius 1 is 1.26 bits per heavy atom. The van der Waals surface area contributed by atoms with Gasteiger partial charge in [0.25, 0.3) is 5.56 Å². The molecule has 0 saturated carbocycles. The molecule has 2 aromatic heterocycles. The lowest BCUT2D eigenvalue weighted by Gasteiger charge is -2.06. The second kappa shape index (κ2) is 4.68. The molecule has 0 aliphatic rings. The molecule has 3 rings (SSSR count). The number of hydrogen-bond donors (Lipinski definition) is 1. The molecule has 0 fully saturated rings. The number of aromatic nitrogens is 4. The zero-order chi connectivity index (χ0) is 13.4. The van der Waals surface area contributed by atoms with Crippen molar-refractivity contribution in [2.24, 2.45) is 0 Å². The van der Waals surface area contributed by atoms with E-state index in [0.29, 0.717) is 27.6 Å². The summed E-state index contributed by atoms with van der Waals surface area (Å²) in [6.45, 7) is 0.379. The first-order valence-electron chi connectivity index (χ1n) is 5.47. The highest BCUT2D eigenvalue weighted by Crippen LogP contribution is 2.22. The molecule has 3 aromatic rings. The first-order chi connectivity index (χ1) is 9.15. The van der Waals surface area contributed by atoms with E-state index in [9.17, 15) is 4.79 Å². The van der Waals surface area contributed by atoms with Crippen molar-refractivity contribution in [2.75, 3.05) is 0 Å². The molecular formula is C12H8Cl2N4O. The van der Waals surface area contributed by atoms with Crippen LogP contribution in [-0.2, 0) is 6.54 Å². The van der Waals surface area contributed by atoms with Crippen LogP contribution in [-0.4, -0.2) is 19.7 Å². The Labute approximate surface area is 117 Å². The lowest BCUT2D eigenvalue weighted by molar-refractivity contribution is 0.748. The van der Waals surface area contributed by atoms with E-state index in [1.165, 1.54) is 17.1 Å². The smallest absolute Gasteiger partial charge is 0.264 e. The van der Waals surface area contributed by atoms with Crippen molar-refractivity contribution in [1.82, 2.24) is 19.7 Å². The minimum Gasteiger partial charge on any atom is -0.294 e. The van der Waals surface area contributed by atoms with E-state index >= 15 is 0 Å². The van der Waals surface area contributed by atoms with Gasteiger partial charge in [-0.05, 0) is 17.7 Å². The molecule has 0 saturated heterocycles. The lowest BCUT2D eigenvalue weighted by atomic mass is 10.2. The number of benzene rings is 1. The number of hydrogen-bond acceptors (Lipinski definition) is 3. The predicted octanol–water partition coefficient (Wildman–Crippen LogP) is 2.47. The summed E-state index contributed by atoms with van der Waals surface area (Å²) in [5, 5.41) is 7.86. The fourth-order valence-corrected chi connectivity index (χ4v) is 2.14. The number of fused-ring (bicyclic) bond motifs is 1. The van der Waals surface area contributed by atoms with Crippen molar-refractivity contribution >= 4 is 34.2 Å². The van der Waals surface area contributed by atoms with Crippen LogP contribution in [0.4, 0.5) is 0 Å². The quantitative estimate of drug-likeness (QED) is 0.790. The molecule has 96 valence electrons. The number of halogens is 2. The van der Waals surface area contributed by atoms with Gasteiger partial charge in [0, 0.05) is 0 Å². The highest BCUT2D eigenvalue weighted by Gasteiger charge is 2.07. The van der Waals surface area contributed by atoms with Gasteiger partial charge in [0.15, 0.2) is 5.65 Å². The average Bonchev–Trinajstić information content (AvgIpc) is 2.86. The number of rotatable bonds is 2. The maximum atomic E-state index is 12.1. The van der Waals surface area contributed by atoms with Gasteiger partial charge < -0.3 is 0 Å². The molecular weight excluding hydrogens is 287 g/mol. The molecule has 0 bridgehead atoms. The molecule has 5 nitrogen and oxygen atoms in total. The van der Waals surface area contributed by atoms with Crippen LogP contribution in [0.2, 0.25) is 10.0 Å². The highest BCUT2D eigenvalue weighted by atomic mass is 35.5. The summed E-state index contributed by atoms with van der Waals surface area (Å²) in [5.41, 5.74) is 1.21. The van der Waals surface area contributed by atoms with E-state index < -0.39 is 0 Å². The van der Waals surface area contributed by atoms with Crippen molar-refractivity contribution in [1.29, 1.82) is 0 Å². The monoisotopic (exact) mass is 294 g/mol. The Morgan fingerprint density at radius 2 is 2.11 bits per heavy atom. The van der Waals surface area contributed by atoms with Gasteiger partial charge in [-0.15, -0.1) is 0 Å². The molecule has 0 aliphatic carbocycles. The summed E-state index contributed by atoms with van der Waals surface area (Å²) >= 11 is 11.8. The largest absolute Gasteiger partial charge is 0.294 e. The van der Waals surface area contributed by atoms with E-state index in [2.05, 4.69) is 15.2 Å². The van der Waals surface area contributed by atoms with Crippen molar-refractivity contribution in [3.63, 3.8) is 0 Å². The van der Waals surface area contributed by atoms with E-state index in [4.69, 9.17) is 23.2 Å². The summed E-state index contributed by atoms with van der Waals surface area (Å²) < 4.78 is 1.50. The summed E-state index contributed by atoms with van der Waals surface area (Å²) in [6.07, 6.45) is 2.95. The van der Waals surface area contributed by atoms with Gasteiger partial charge in [-0.3, -0.25) is 14.5 Å². The normalized spacial score (nSPS) is 11.1. The summed E-state index contributed by atoms with van der Waals surface area (Å²) in [5.74, 6) is 0. The van der Waals surface area contributed by atoms with Gasteiger partial charge >= 0.3 is 0 Å². The van der Waals surface area contributed by atoms with Crippen molar-refractivity contribution in [3.8, 4) is 0 Å². The molecule has 0 aliphatic heterocycles. The predicted molar refractivity (Wildman–Crippen MR) is 73.7 cm³/mol. The molecule has 2 heterocycles. The van der Waals surface area contributed by atoms with Gasteiger partial charge in [-0.25, -0.2) is 4.98 Å². The van der Waals surface area contributed by atoms with Crippen LogP contribution in [0, 0.1) is 0 Å².